The molecule has 3 heterocycles. The van der Waals surface area contributed by atoms with Crippen LogP contribution in [0.25, 0.3) is 11.3 Å². The molecule has 1 aliphatic carbocycles. The predicted octanol–water partition coefficient (Wildman–Crippen LogP) is 2.29. The lowest BCUT2D eigenvalue weighted by Gasteiger charge is -2.36. The van der Waals surface area contributed by atoms with Gasteiger partial charge in [-0.3, -0.25) is 0 Å². The number of aromatic nitrogens is 2. The first-order chi connectivity index (χ1) is 7.84. The monoisotopic (exact) mass is 232 g/mol. The molecule has 0 saturated heterocycles. The van der Waals surface area contributed by atoms with Gasteiger partial charge in [-0.05, 0) is 30.2 Å². The molecule has 3 nitrogen and oxygen atoms in total. The minimum Gasteiger partial charge on any atom is -0.393 e. The Morgan fingerprint density at radius 1 is 1.44 bits per heavy atom. The summed E-state index contributed by atoms with van der Waals surface area (Å²) in [6.45, 7) is 0. The van der Waals surface area contributed by atoms with Crippen LogP contribution in [0.3, 0.4) is 0 Å². The van der Waals surface area contributed by atoms with Crippen LogP contribution in [0.4, 0.5) is 0 Å². The summed E-state index contributed by atoms with van der Waals surface area (Å²) in [4.78, 5) is 5.69. The number of fused-ring (bicyclic) bond motifs is 3. The first-order valence-corrected chi connectivity index (χ1v) is 6.50. The van der Waals surface area contributed by atoms with Crippen molar-refractivity contribution in [2.75, 3.05) is 0 Å². The molecule has 1 unspecified atom stereocenters. The van der Waals surface area contributed by atoms with Crippen LogP contribution in [-0.2, 0) is 0 Å². The lowest BCUT2D eigenvalue weighted by Crippen LogP contribution is -2.34. The normalized spacial score (nSPS) is 30.9. The maximum absolute atomic E-state index is 9.45. The Hall–Kier alpha value is -1.13. The van der Waals surface area contributed by atoms with E-state index in [1.54, 1.807) is 0 Å². The Labute approximate surface area is 97.4 Å². The van der Waals surface area contributed by atoms with Crippen LogP contribution >= 0.6 is 11.3 Å². The minimum absolute atomic E-state index is 0.0824. The Balaban J connectivity index is 1.83. The number of aliphatic hydroxyl groups is 1. The third kappa shape index (κ3) is 0.987. The molecule has 16 heavy (non-hydrogen) atoms. The third-order valence-electron chi connectivity index (χ3n) is 3.80. The highest BCUT2D eigenvalue weighted by atomic mass is 32.1. The van der Waals surface area contributed by atoms with Gasteiger partial charge in [-0.15, -0.1) is 11.3 Å². The summed E-state index contributed by atoms with van der Waals surface area (Å²) in [6.07, 6.45) is 5.65. The fourth-order valence-electron chi connectivity index (χ4n) is 2.95. The van der Waals surface area contributed by atoms with Crippen LogP contribution in [0.1, 0.15) is 23.8 Å². The van der Waals surface area contributed by atoms with Gasteiger partial charge in [0.05, 0.1) is 30.4 Å². The van der Waals surface area contributed by atoms with Crippen molar-refractivity contribution >= 4 is 11.3 Å². The number of imidazole rings is 1. The van der Waals surface area contributed by atoms with Gasteiger partial charge >= 0.3 is 0 Å². The number of rotatable bonds is 1. The van der Waals surface area contributed by atoms with E-state index in [2.05, 4.69) is 21.0 Å². The van der Waals surface area contributed by atoms with E-state index >= 15 is 0 Å². The molecule has 4 heteroatoms. The highest BCUT2D eigenvalue weighted by Crippen LogP contribution is 2.50. The van der Waals surface area contributed by atoms with Gasteiger partial charge in [0.2, 0.25) is 0 Å². The Morgan fingerprint density at radius 2 is 2.31 bits per heavy atom. The van der Waals surface area contributed by atoms with Crippen LogP contribution in [0, 0.1) is 5.92 Å². The van der Waals surface area contributed by atoms with Gasteiger partial charge in [0.15, 0.2) is 0 Å². The summed E-state index contributed by atoms with van der Waals surface area (Å²) >= 11 is 1.83. The minimum atomic E-state index is -0.0824. The summed E-state index contributed by atoms with van der Waals surface area (Å²) in [6, 6.07) is 2.61. The number of aliphatic hydroxyl groups excluding tert-OH is 1. The van der Waals surface area contributed by atoms with Crippen molar-refractivity contribution in [2.45, 2.75) is 25.0 Å². The molecule has 1 atom stereocenters. The largest absolute Gasteiger partial charge is 0.393 e. The second kappa shape index (κ2) is 2.96. The van der Waals surface area contributed by atoms with E-state index in [9.17, 15) is 5.11 Å². The average Bonchev–Trinajstić information content (AvgIpc) is 2.84. The lowest BCUT2D eigenvalue weighted by atomic mass is 9.77. The van der Waals surface area contributed by atoms with Gasteiger partial charge in [-0.2, -0.15) is 0 Å². The van der Waals surface area contributed by atoms with E-state index in [-0.39, 0.29) is 6.10 Å². The molecule has 4 rings (SSSR count). The topological polar surface area (TPSA) is 38.1 Å². The smallest absolute Gasteiger partial charge is 0.0957 e. The summed E-state index contributed by atoms with van der Waals surface area (Å²) in [7, 11) is 0. The molecule has 1 N–H and O–H groups in total. The zero-order chi connectivity index (χ0) is 10.7. The van der Waals surface area contributed by atoms with Crippen molar-refractivity contribution in [3.63, 3.8) is 0 Å². The van der Waals surface area contributed by atoms with Gasteiger partial charge in [0.1, 0.15) is 0 Å². The van der Waals surface area contributed by atoms with E-state index in [0.717, 1.165) is 12.8 Å². The summed E-state index contributed by atoms with van der Waals surface area (Å²) in [5.41, 5.74) is 2.58. The molecule has 0 bridgehead atoms. The van der Waals surface area contributed by atoms with Crippen LogP contribution in [0.2, 0.25) is 0 Å². The summed E-state index contributed by atoms with van der Waals surface area (Å²) in [5, 5.41) is 11.6. The maximum atomic E-state index is 9.45. The molecular formula is C12H12N2OS. The Kier molecular flexibility index (Phi) is 1.66. The van der Waals surface area contributed by atoms with E-state index in [0.29, 0.717) is 12.0 Å². The number of thiophene rings is 1. The molecule has 0 radical (unpaired) electrons. The van der Waals surface area contributed by atoms with Gasteiger partial charge in [-0.25, -0.2) is 4.98 Å². The molecule has 2 aromatic heterocycles. The van der Waals surface area contributed by atoms with Crippen LogP contribution in [0.15, 0.2) is 24.0 Å². The summed E-state index contributed by atoms with van der Waals surface area (Å²) in [5.74, 6) is 0.586. The van der Waals surface area contributed by atoms with Crippen LogP contribution < -0.4 is 0 Å². The van der Waals surface area contributed by atoms with E-state index in [1.807, 2.05) is 23.9 Å². The SMILES string of the molecule is O[C@H]1C[C@H](C2c3sccc3-c3cncn32)C1. The first-order valence-electron chi connectivity index (χ1n) is 5.62. The molecule has 82 valence electrons. The fraction of sp³-hybridized carbons (Fsp3) is 0.417. The molecular weight excluding hydrogens is 220 g/mol. The van der Waals surface area contributed by atoms with Gasteiger partial charge in [0.25, 0.3) is 0 Å². The van der Waals surface area contributed by atoms with E-state index in [1.165, 1.54) is 16.1 Å². The molecule has 1 aliphatic heterocycles. The average molecular weight is 232 g/mol. The second-order valence-electron chi connectivity index (χ2n) is 4.71. The van der Waals surface area contributed by atoms with Gasteiger partial charge in [-0.1, -0.05) is 0 Å². The maximum Gasteiger partial charge on any atom is 0.0957 e. The zero-order valence-corrected chi connectivity index (χ0v) is 9.52. The molecule has 2 aliphatic rings. The summed E-state index contributed by atoms with van der Waals surface area (Å²) < 4.78 is 2.28. The number of nitrogens with zero attached hydrogens (tertiary/aromatic N) is 2. The molecule has 1 fully saturated rings. The highest BCUT2D eigenvalue weighted by Gasteiger charge is 2.41. The third-order valence-corrected chi connectivity index (χ3v) is 4.79. The van der Waals surface area contributed by atoms with Gasteiger partial charge in [0, 0.05) is 10.4 Å². The quantitative estimate of drug-likeness (QED) is 0.819. The van der Waals surface area contributed by atoms with Crippen molar-refractivity contribution < 1.29 is 5.11 Å². The van der Waals surface area contributed by atoms with Crippen molar-refractivity contribution in [1.82, 2.24) is 9.55 Å². The standard InChI is InChI=1S/C12H12N2OS/c15-8-3-7(4-8)11-12-9(1-2-16-12)10-5-13-6-14(10)11/h1-2,5-8,11,15H,3-4H2/t7-,8-,11?. The van der Waals surface area contributed by atoms with Crippen molar-refractivity contribution in [3.05, 3.63) is 28.8 Å². The molecule has 0 amide bonds. The number of hydrogen-bond donors (Lipinski definition) is 1. The van der Waals surface area contributed by atoms with Crippen molar-refractivity contribution in [3.8, 4) is 11.3 Å². The predicted molar refractivity (Wildman–Crippen MR) is 62.4 cm³/mol. The van der Waals surface area contributed by atoms with E-state index < -0.39 is 0 Å². The van der Waals surface area contributed by atoms with Gasteiger partial charge < -0.3 is 9.67 Å². The first kappa shape index (κ1) is 8.96. The number of hydrogen-bond acceptors (Lipinski definition) is 3. The highest BCUT2D eigenvalue weighted by molar-refractivity contribution is 7.10. The van der Waals surface area contributed by atoms with Crippen LogP contribution in [-0.4, -0.2) is 20.8 Å². The fourth-order valence-corrected chi connectivity index (χ4v) is 4.05. The molecule has 0 spiro atoms. The van der Waals surface area contributed by atoms with Crippen LogP contribution in [0.5, 0.6) is 0 Å². The van der Waals surface area contributed by atoms with Crippen molar-refractivity contribution in [1.29, 1.82) is 0 Å². The zero-order valence-electron chi connectivity index (χ0n) is 8.71. The second-order valence-corrected chi connectivity index (χ2v) is 5.66. The van der Waals surface area contributed by atoms with Crippen molar-refractivity contribution in [2.24, 2.45) is 5.92 Å². The Bertz CT molecular complexity index is 498. The molecule has 1 saturated carbocycles. The lowest BCUT2D eigenvalue weighted by molar-refractivity contribution is 0.0268. The molecule has 0 aromatic carbocycles. The van der Waals surface area contributed by atoms with E-state index in [4.69, 9.17) is 0 Å². The Morgan fingerprint density at radius 3 is 3.12 bits per heavy atom. The molecule has 2 aromatic rings.